The molecule has 1 aromatic carbocycles. The number of hydrogen-bond acceptors (Lipinski definition) is 5. The second-order valence-corrected chi connectivity index (χ2v) is 4.66. The molecule has 1 rings (SSSR count). The standard InChI is InChI=1S/C16H27NO4/c1-4-20-10-8-17(9-11-21-5-2)13-14-12-15(19-3)6-7-16(14)18/h6-7,12,18H,4-5,8-11,13H2,1-3H3. The van der Waals surface area contributed by atoms with Gasteiger partial charge >= 0.3 is 0 Å². The normalized spacial score (nSPS) is 11.0. The average Bonchev–Trinajstić information content (AvgIpc) is 2.49. The van der Waals surface area contributed by atoms with Gasteiger partial charge in [0.2, 0.25) is 0 Å². The zero-order valence-corrected chi connectivity index (χ0v) is 13.3. The highest BCUT2D eigenvalue weighted by Gasteiger charge is 2.10. The molecule has 0 saturated heterocycles. The second-order valence-electron chi connectivity index (χ2n) is 4.66. The van der Waals surface area contributed by atoms with Gasteiger partial charge in [0.1, 0.15) is 11.5 Å². The molecule has 0 aliphatic rings. The lowest BCUT2D eigenvalue weighted by Gasteiger charge is -2.22. The van der Waals surface area contributed by atoms with Crippen molar-refractivity contribution in [3.63, 3.8) is 0 Å². The summed E-state index contributed by atoms with van der Waals surface area (Å²) < 4.78 is 16.0. The quantitative estimate of drug-likeness (QED) is 0.635. The predicted molar refractivity (Wildman–Crippen MR) is 82.9 cm³/mol. The highest BCUT2D eigenvalue weighted by atomic mass is 16.5. The van der Waals surface area contributed by atoms with E-state index in [-0.39, 0.29) is 5.75 Å². The van der Waals surface area contributed by atoms with E-state index in [9.17, 15) is 5.11 Å². The largest absolute Gasteiger partial charge is 0.508 e. The lowest BCUT2D eigenvalue weighted by Crippen LogP contribution is -2.30. The Bertz CT molecular complexity index is 388. The molecular weight excluding hydrogens is 270 g/mol. The Hall–Kier alpha value is -1.30. The summed E-state index contributed by atoms with van der Waals surface area (Å²) in [7, 11) is 1.62. The Balaban J connectivity index is 2.64. The van der Waals surface area contributed by atoms with E-state index in [4.69, 9.17) is 14.2 Å². The van der Waals surface area contributed by atoms with Gasteiger partial charge < -0.3 is 19.3 Å². The predicted octanol–water partition coefficient (Wildman–Crippen LogP) is 2.28. The summed E-state index contributed by atoms with van der Waals surface area (Å²) in [5.74, 6) is 1.03. The van der Waals surface area contributed by atoms with Crippen molar-refractivity contribution >= 4 is 0 Å². The van der Waals surface area contributed by atoms with Crippen LogP contribution in [0.5, 0.6) is 11.5 Å². The van der Waals surface area contributed by atoms with Crippen LogP contribution in [0.15, 0.2) is 18.2 Å². The number of rotatable bonds is 11. The van der Waals surface area contributed by atoms with Crippen LogP contribution in [0.1, 0.15) is 19.4 Å². The monoisotopic (exact) mass is 297 g/mol. The van der Waals surface area contributed by atoms with E-state index in [1.54, 1.807) is 19.2 Å². The van der Waals surface area contributed by atoms with Gasteiger partial charge in [-0.25, -0.2) is 0 Å². The average molecular weight is 297 g/mol. The number of benzene rings is 1. The first-order valence-corrected chi connectivity index (χ1v) is 7.45. The third-order valence-electron chi connectivity index (χ3n) is 3.19. The lowest BCUT2D eigenvalue weighted by atomic mass is 10.1. The molecule has 0 spiro atoms. The Morgan fingerprint density at radius 3 is 2.19 bits per heavy atom. The van der Waals surface area contributed by atoms with Crippen molar-refractivity contribution in [3.8, 4) is 11.5 Å². The van der Waals surface area contributed by atoms with Crippen molar-refractivity contribution in [2.45, 2.75) is 20.4 Å². The lowest BCUT2D eigenvalue weighted by molar-refractivity contribution is 0.0794. The number of ether oxygens (including phenoxy) is 3. The number of phenolic OH excluding ortho intramolecular Hbond substituents is 1. The van der Waals surface area contributed by atoms with E-state index in [0.29, 0.717) is 33.0 Å². The maximum absolute atomic E-state index is 9.98. The molecule has 0 fully saturated rings. The Morgan fingerprint density at radius 1 is 1.05 bits per heavy atom. The first kappa shape index (κ1) is 17.8. The summed E-state index contributed by atoms with van der Waals surface area (Å²) in [5.41, 5.74) is 0.849. The zero-order chi connectivity index (χ0) is 15.5. The minimum absolute atomic E-state index is 0.286. The summed E-state index contributed by atoms with van der Waals surface area (Å²) in [6.45, 7) is 8.99. The van der Waals surface area contributed by atoms with Crippen LogP contribution in [-0.2, 0) is 16.0 Å². The molecule has 0 unspecified atom stereocenters. The number of methoxy groups -OCH3 is 1. The first-order chi connectivity index (χ1) is 10.2. The Kier molecular flexibility index (Phi) is 8.82. The van der Waals surface area contributed by atoms with Crippen molar-refractivity contribution in [2.75, 3.05) is 46.6 Å². The maximum atomic E-state index is 9.98. The molecule has 0 saturated carbocycles. The molecule has 0 aromatic heterocycles. The third kappa shape index (κ3) is 6.80. The van der Waals surface area contributed by atoms with Crippen LogP contribution in [0.3, 0.4) is 0 Å². The number of nitrogens with zero attached hydrogens (tertiary/aromatic N) is 1. The molecule has 21 heavy (non-hydrogen) atoms. The number of hydrogen-bond donors (Lipinski definition) is 1. The van der Waals surface area contributed by atoms with E-state index in [1.165, 1.54) is 0 Å². The molecule has 0 aliphatic carbocycles. The van der Waals surface area contributed by atoms with E-state index < -0.39 is 0 Å². The molecule has 0 bridgehead atoms. The third-order valence-corrected chi connectivity index (χ3v) is 3.19. The second kappa shape index (κ2) is 10.4. The van der Waals surface area contributed by atoms with Gasteiger partial charge in [0, 0.05) is 38.4 Å². The molecule has 5 heteroatoms. The Labute approximate surface area is 127 Å². The van der Waals surface area contributed by atoms with Crippen molar-refractivity contribution in [1.29, 1.82) is 0 Å². The van der Waals surface area contributed by atoms with E-state index in [0.717, 1.165) is 24.4 Å². The summed E-state index contributed by atoms with van der Waals surface area (Å²) in [6, 6.07) is 5.28. The fourth-order valence-corrected chi connectivity index (χ4v) is 2.00. The maximum Gasteiger partial charge on any atom is 0.120 e. The minimum Gasteiger partial charge on any atom is -0.508 e. The smallest absolute Gasteiger partial charge is 0.120 e. The van der Waals surface area contributed by atoms with Crippen LogP contribution in [0, 0.1) is 0 Å². The van der Waals surface area contributed by atoms with Crippen LogP contribution < -0.4 is 4.74 Å². The van der Waals surface area contributed by atoms with Crippen molar-refractivity contribution < 1.29 is 19.3 Å². The van der Waals surface area contributed by atoms with Crippen molar-refractivity contribution in [3.05, 3.63) is 23.8 Å². The summed E-state index contributed by atoms with van der Waals surface area (Å²) in [6.07, 6.45) is 0. The van der Waals surface area contributed by atoms with Crippen LogP contribution in [0.2, 0.25) is 0 Å². The van der Waals surface area contributed by atoms with Gasteiger partial charge in [-0.1, -0.05) is 0 Å². The van der Waals surface area contributed by atoms with E-state index in [1.807, 2.05) is 19.9 Å². The van der Waals surface area contributed by atoms with Crippen molar-refractivity contribution in [1.82, 2.24) is 4.90 Å². The fraction of sp³-hybridized carbons (Fsp3) is 0.625. The molecule has 0 amide bonds. The molecule has 0 radical (unpaired) electrons. The van der Waals surface area contributed by atoms with Gasteiger partial charge in [0.15, 0.2) is 0 Å². The molecule has 0 aliphatic heterocycles. The van der Waals surface area contributed by atoms with Crippen LogP contribution >= 0.6 is 0 Å². The van der Waals surface area contributed by atoms with Crippen LogP contribution in [0.4, 0.5) is 0 Å². The molecule has 1 N–H and O–H groups in total. The van der Waals surface area contributed by atoms with E-state index in [2.05, 4.69) is 4.90 Å². The highest BCUT2D eigenvalue weighted by molar-refractivity contribution is 5.39. The van der Waals surface area contributed by atoms with Gasteiger partial charge in [0.05, 0.1) is 20.3 Å². The first-order valence-electron chi connectivity index (χ1n) is 7.45. The summed E-state index contributed by atoms with van der Waals surface area (Å²) in [4.78, 5) is 2.21. The molecule has 120 valence electrons. The minimum atomic E-state index is 0.286. The molecule has 1 aromatic rings. The topological polar surface area (TPSA) is 51.2 Å². The van der Waals surface area contributed by atoms with Crippen LogP contribution in [-0.4, -0.2) is 56.6 Å². The number of phenols is 1. The van der Waals surface area contributed by atoms with Gasteiger partial charge in [-0.05, 0) is 32.0 Å². The zero-order valence-electron chi connectivity index (χ0n) is 13.3. The molecule has 5 nitrogen and oxygen atoms in total. The van der Waals surface area contributed by atoms with Gasteiger partial charge in [-0.2, -0.15) is 0 Å². The van der Waals surface area contributed by atoms with Crippen LogP contribution in [0.25, 0.3) is 0 Å². The SMILES string of the molecule is CCOCCN(CCOCC)Cc1cc(OC)ccc1O. The summed E-state index contributed by atoms with van der Waals surface area (Å²) >= 11 is 0. The van der Waals surface area contributed by atoms with Crippen molar-refractivity contribution in [2.24, 2.45) is 0 Å². The molecule has 0 atom stereocenters. The fourth-order valence-electron chi connectivity index (χ4n) is 2.00. The van der Waals surface area contributed by atoms with Gasteiger partial charge in [-0.3, -0.25) is 4.90 Å². The Morgan fingerprint density at radius 2 is 1.67 bits per heavy atom. The molecule has 0 heterocycles. The van der Waals surface area contributed by atoms with Gasteiger partial charge in [-0.15, -0.1) is 0 Å². The number of aromatic hydroxyl groups is 1. The molecular formula is C16H27NO4. The van der Waals surface area contributed by atoms with E-state index >= 15 is 0 Å². The summed E-state index contributed by atoms with van der Waals surface area (Å²) in [5, 5.41) is 9.98. The highest BCUT2D eigenvalue weighted by Crippen LogP contribution is 2.24. The van der Waals surface area contributed by atoms with Gasteiger partial charge in [0.25, 0.3) is 0 Å².